The first-order valence-electron chi connectivity index (χ1n) is 7.84. The average molecular weight is 285 g/mol. The Labute approximate surface area is 123 Å². The maximum Gasteiger partial charge on any atom is 0.335 e. The highest BCUT2D eigenvalue weighted by Crippen LogP contribution is 2.56. The van der Waals surface area contributed by atoms with Gasteiger partial charge in [-0.25, -0.2) is 4.79 Å². The number of nitrogens with zero attached hydrogens (tertiary/aromatic N) is 1. The summed E-state index contributed by atoms with van der Waals surface area (Å²) in [6.45, 7) is 0.702. The number of anilines is 1. The summed E-state index contributed by atoms with van der Waals surface area (Å²) in [5.74, 6) is 0.837. The molecule has 2 saturated carbocycles. The van der Waals surface area contributed by atoms with Gasteiger partial charge in [0.05, 0.1) is 5.56 Å². The van der Waals surface area contributed by atoms with E-state index in [1.165, 1.54) is 25.7 Å². The molecule has 1 N–H and O–H groups in total. The molecule has 0 spiro atoms. The zero-order chi connectivity index (χ0) is 14.6. The minimum absolute atomic E-state index is 0.234. The molecular weight excluding hydrogens is 266 g/mol. The van der Waals surface area contributed by atoms with E-state index in [1.807, 2.05) is 4.90 Å². The van der Waals surface area contributed by atoms with Gasteiger partial charge < -0.3 is 10.0 Å². The van der Waals surface area contributed by atoms with Crippen molar-refractivity contribution in [3.05, 3.63) is 29.3 Å². The van der Waals surface area contributed by atoms with E-state index in [1.54, 1.807) is 18.2 Å². The highest BCUT2D eigenvalue weighted by molar-refractivity contribution is 5.99. The molecule has 1 aromatic rings. The molecule has 1 aromatic carbocycles. The SMILES string of the molecule is O=C(O)c1ccc2c(c1)CCN2C(=O)C1C2CCCCC21. The second kappa shape index (κ2) is 4.58. The summed E-state index contributed by atoms with van der Waals surface area (Å²) in [5, 5.41) is 9.05. The van der Waals surface area contributed by atoms with E-state index < -0.39 is 5.97 Å². The molecule has 4 nitrogen and oxygen atoms in total. The highest BCUT2D eigenvalue weighted by Gasteiger charge is 2.56. The molecule has 1 heterocycles. The Kier molecular flexibility index (Phi) is 2.81. The Morgan fingerprint density at radius 1 is 1.14 bits per heavy atom. The molecule has 0 bridgehead atoms. The van der Waals surface area contributed by atoms with Crippen LogP contribution in [0.15, 0.2) is 18.2 Å². The summed E-state index contributed by atoms with van der Waals surface area (Å²) in [6.07, 6.45) is 5.72. The number of carbonyl (C=O) groups excluding carboxylic acids is 1. The van der Waals surface area contributed by atoms with Crippen molar-refractivity contribution in [1.82, 2.24) is 0 Å². The number of carboxylic acid groups (broad SMARTS) is 1. The summed E-state index contributed by atoms with van der Waals surface area (Å²) in [4.78, 5) is 25.7. The molecule has 1 amide bonds. The van der Waals surface area contributed by atoms with Crippen molar-refractivity contribution in [2.75, 3.05) is 11.4 Å². The predicted octanol–water partition coefficient (Wildman–Crippen LogP) is 2.71. The Bertz CT molecular complexity index is 612. The number of hydrogen-bond acceptors (Lipinski definition) is 2. The van der Waals surface area contributed by atoms with Gasteiger partial charge in [-0.15, -0.1) is 0 Å². The minimum atomic E-state index is -0.907. The fourth-order valence-corrected chi connectivity index (χ4v) is 4.30. The molecule has 0 radical (unpaired) electrons. The third kappa shape index (κ3) is 1.96. The number of carbonyl (C=O) groups is 2. The van der Waals surface area contributed by atoms with Crippen molar-refractivity contribution in [3.8, 4) is 0 Å². The first kappa shape index (κ1) is 12.9. The number of hydrogen-bond donors (Lipinski definition) is 1. The van der Waals surface area contributed by atoms with Crippen LogP contribution in [0.5, 0.6) is 0 Å². The number of amides is 1. The number of aromatic carboxylic acids is 1. The molecule has 0 saturated heterocycles. The number of benzene rings is 1. The smallest absolute Gasteiger partial charge is 0.335 e. The fraction of sp³-hybridized carbons (Fsp3) is 0.529. The van der Waals surface area contributed by atoms with Crippen LogP contribution in [0.1, 0.15) is 41.6 Å². The van der Waals surface area contributed by atoms with Gasteiger partial charge in [0, 0.05) is 18.2 Å². The summed E-state index contributed by atoms with van der Waals surface area (Å²) < 4.78 is 0. The van der Waals surface area contributed by atoms with Gasteiger partial charge in [0.25, 0.3) is 0 Å². The zero-order valence-electron chi connectivity index (χ0n) is 11.9. The first-order chi connectivity index (χ1) is 10.2. The summed E-state index contributed by atoms with van der Waals surface area (Å²) in [5.41, 5.74) is 2.23. The van der Waals surface area contributed by atoms with Crippen molar-refractivity contribution in [2.45, 2.75) is 32.1 Å². The van der Waals surface area contributed by atoms with Crippen LogP contribution in [0.3, 0.4) is 0 Å². The summed E-state index contributed by atoms with van der Waals surface area (Å²) in [6, 6.07) is 5.12. The van der Waals surface area contributed by atoms with E-state index in [-0.39, 0.29) is 11.8 Å². The maximum atomic E-state index is 12.8. The third-order valence-corrected chi connectivity index (χ3v) is 5.43. The van der Waals surface area contributed by atoms with Gasteiger partial charge in [-0.2, -0.15) is 0 Å². The van der Waals surface area contributed by atoms with Crippen LogP contribution >= 0.6 is 0 Å². The molecule has 2 atom stereocenters. The molecule has 3 aliphatic rings. The van der Waals surface area contributed by atoms with Crippen molar-refractivity contribution in [1.29, 1.82) is 0 Å². The van der Waals surface area contributed by atoms with Crippen LogP contribution in [0.4, 0.5) is 5.69 Å². The Morgan fingerprint density at radius 2 is 1.86 bits per heavy atom. The van der Waals surface area contributed by atoms with Crippen LogP contribution in [-0.4, -0.2) is 23.5 Å². The Balaban J connectivity index is 1.56. The van der Waals surface area contributed by atoms with E-state index in [2.05, 4.69) is 0 Å². The molecule has 110 valence electrons. The monoisotopic (exact) mass is 285 g/mol. The number of carboxylic acids is 1. The molecule has 2 fully saturated rings. The lowest BCUT2D eigenvalue weighted by atomic mass is 10.0. The second-order valence-corrected chi connectivity index (χ2v) is 6.53. The van der Waals surface area contributed by atoms with Crippen LogP contribution in [0.2, 0.25) is 0 Å². The fourth-order valence-electron chi connectivity index (χ4n) is 4.30. The van der Waals surface area contributed by atoms with Crippen LogP contribution in [0, 0.1) is 17.8 Å². The van der Waals surface area contributed by atoms with Crippen LogP contribution in [0.25, 0.3) is 0 Å². The van der Waals surface area contributed by atoms with Crippen molar-refractivity contribution >= 4 is 17.6 Å². The largest absolute Gasteiger partial charge is 0.478 e. The lowest BCUT2D eigenvalue weighted by Crippen LogP contribution is -2.31. The average Bonchev–Trinajstić information content (AvgIpc) is 3.07. The van der Waals surface area contributed by atoms with Crippen molar-refractivity contribution < 1.29 is 14.7 Å². The first-order valence-corrected chi connectivity index (χ1v) is 7.84. The zero-order valence-corrected chi connectivity index (χ0v) is 11.9. The van der Waals surface area contributed by atoms with Gasteiger partial charge in [0.2, 0.25) is 5.91 Å². The lowest BCUT2D eigenvalue weighted by molar-refractivity contribution is -0.120. The minimum Gasteiger partial charge on any atom is -0.478 e. The normalized spacial score (nSPS) is 29.7. The third-order valence-electron chi connectivity index (χ3n) is 5.43. The summed E-state index contributed by atoms with van der Waals surface area (Å²) in [7, 11) is 0. The van der Waals surface area contributed by atoms with Gasteiger partial charge in [0.1, 0.15) is 0 Å². The topological polar surface area (TPSA) is 57.6 Å². The highest BCUT2D eigenvalue weighted by atomic mass is 16.4. The molecule has 0 aromatic heterocycles. The molecule has 21 heavy (non-hydrogen) atoms. The molecule has 1 aliphatic heterocycles. The van der Waals surface area contributed by atoms with Crippen molar-refractivity contribution in [3.63, 3.8) is 0 Å². The number of fused-ring (bicyclic) bond motifs is 2. The second-order valence-electron chi connectivity index (χ2n) is 6.53. The van der Waals surface area contributed by atoms with E-state index in [4.69, 9.17) is 5.11 Å². The van der Waals surface area contributed by atoms with E-state index >= 15 is 0 Å². The predicted molar refractivity (Wildman–Crippen MR) is 78.4 cm³/mol. The Hall–Kier alpha value is -1.84. The Morgan fingerprint density at radius 3 is 2.52 bits per heavy atom. The van der Waals surface area contributed by atoms with E-state index in [0.29, 0.717) is 23.9 Å². The molecule has 2 unspecified atom stereocenters. The van der Waals surface area contributed by atoms with Crippen LogP contribution in [-0.2, 0) is 11.2 Å². The number of rotatable bonds is 2. The van der Waals surface area contributed by atoms with E-state index in [0.717, 1.165) is 17.7 Å². The quantitative estimate of drug-likeness (QED) is 0.909. The van der Waals surface area contributed by atoms with Gasteiger partial charge >= 0.3 is 5.97 Å². The molecule has 4 rings (SSSR count). The van der Waals surface area contributed by atoms with Gasteiger partial charge in [-0.05, 0) is 54.9 Å². The summed E-state index contributed by atoms with van der Waals surface area (Å²) >= 11 is 0. The molecular formula is C17H19NO3. The van der Waals surface area contributed by atoms with Gasteiger partial charge in [-0.3, -0.25) is 4.79 Å². The molecule has 4 heteroatoms. The van der Waals surface area contributed by atoms with Crippen molar-refractivity contribution in [2.24, 2.45) is 17.8 Å². The molecule has 2 aliphatic carbocycles. The van der Waals surface area contributed by atoms with Gasteiger partial charge in [0.15, 0.2) is 0 Å². The lowest BCUT2D eigenvalue weighted by Gasteiger charge is -2.17. The standard InChI is InChI=1S/C17H19NO3/c19-16(15-12-3-1-2-4-13(12)15)18-8-7-10-9-11(17(20)21)5-6-14(10)18/h5-6,9,12-13,15H,1-4,7-8H2,(H,20,21). The van der Waals surface area contributed by atoms with Gasteiger partial charge in [-0.1, -0.05) is 12.8 Å². The van der Waals surface area contributed by atoms with E-state index in [9.17, 15) is 9.59 Å². The maximum absolute atomic E-state index is 12.8. The van der Waals surface area contributed by atoms with Crippen LogP contribution < -0.4 is 4.90 Å².